The first-order valence-corrected chi connectivity index (χ1v) is 11.0. The first-order valence-electron chi connectivity index (χ1n) is 11.0. The number of nitrogens with one attached hydrogen (secondary N) is 3. The molecule has 1 aliphatic rings. The van der Waals surface area contributed by atoms with Crippen molar-refractivity contribution in [3.8, 4) is 0 Å². The summed E-state index contributed by atoms with van der Waals surface area (Å²) in [7, 11) is 1.68. The summed E-state index contributed by atoms with van der Waals surface area (Å²) in [4.78, 5) is 18.1. The van der Waals surface area contributed by atoms with Gasteiger partial charge >= 0.3 is 0 Å². The topological polar surface area (TPSA) is 68.8 Å². The molecule has 0 radical (unpaired) electrons. The van der Waals surface area contributed by atoms with Crippen LogP contribution in [0.2, 0.25) is 0 Å². The van der Waals surface area contributed by atoms with Crippen molar-refractivity contribution in [2.75, 3.05) is 31.6 Å². The number of hydrogen-bond acceptors (Lipinski definition) is 3. The SMILES string of the molecule is CCCCNC(=O)c1ccc(CNC(=NC)NC2CCN(c3c(F)cccc3F)C2)cc1. The van der Waals surface area contributed by atoms with Crippen LogP contribution >= 0.6 is 0 Å². The number of rotatable bonds is 8. The number of carbonyl (C=O) groups is 1. The lowest BCUT2D eigenvalue weighted by Gasteiger charge is -2.21. The van der Waals surface area contributed by atoms with Crippen LogP contribution in [-0.2, 0) is 6.54 Å². The molecule has 0 bridgehead atoms. The molecule has 0 saturated carbocycles. The van der Waals surface area contributed by atoms with Crippen molar-refractivity contribution >= 4 is 17.6 Å². The Kier molecular flexibility index (Phi) is 8.41. The third kappa shape index (κ3) is 6.18. The standard InChI is InChI=1S/C24H31F2N5O/c1-3-4-13-28-23(32)18-10-8-17(9-11-18)15-29-24(27-2)30-19-12-14-31(16-19)22-20(25)6-5-7-21(22)26/h5-11,19H,3-4,12-16H2,1-2H3,(H,28,32)(H2,27,29,30). The van der Waals surface area contributed by atoms with Crippen LogP contribution in [0.4, 0.5) is 14.5 Å². The molecule has 2 aromatic carbocycles. The van der Waals surface area contributed by atoms with Gasteiger partial charge in [-0.15, -0.1) is 0 Å². The van der Waals surface area contributed by atoms with E-state index in [1.54, 1.807) is 11.9 Å². The zero-order chi connectivity index (χ0) is 22.9. The molecule has 1 fully saturated rings. The molecule has 3 rings (SSSR count). The molecular formula is C24H31F2N5O. The van der Waals surface area contributed by atoms with E-state index in [-0.39, 0.29) is 17.6 Å². The summed E-state index contributed by atoms with van der Waals surface area (Å²) in [5, 5.41) is 9.48. The summed E-state index contributed by atoms with van der Waals surface area (Å²) in [6.45, 7) is 4.36. The van der Waals surface area contributed by atoms with Crippen molar-refractivity contribution in [3.63, 3.8) is 0 Å². The van der Waals surface area contributed by atoms with E-state index in [1.807, 2.05) is 24.3 Å². The summed E-state index contributed by atoms with van der Waals surface area (Å²) in [5.41, 5.74) is 1.68. The second-order valence-electron chi connectivity index (χ2n) is 7.88. The quantitative estimate of drug-likeness (QED) is 0.332. The van der Waals surface area contributed by atoms with Gasteiger partial charge in [0.25, 0.3) is 5.91 Å². The van der Waals surface area contributed by atoms with Crippen LogP contribution in [0.25, 0.3) is 0 Å². The maximum Gasteiger partial charge on any atom is 0.251 e. The van der Waals surface area contributed by atoms with Gasteiger partial charge in [-0.05, 0) is 42.7 Å². The molecule has 32 heavy (non-hydrogen) atoms. The van der Waals surface area contributed by atoms with Crippen molar-refractivity contribution in [1.29, 1.82) is 0 Å². The molecular weight excluding hydrogens is 412 g/mol. The Morgan fingerprint density at radius 3 is 2.50 bits per heavy atom. The van der Waals surface area contributed by atoms with E-state index >= 15 is 0 Å². The van der Waals surface area contributed by atoms with Crippen molar-refractivity contribution in [3.05, 3.63) is 65.2 Å². The molecule has 1 saturated heterocycles. The molecule has 1 amide bonds. The highest BCUT2D eigenvalue weighted by Crippen LogP contribution is 2.26. The van der Waals surface area contributed by atoms with Crippen molar-refractivity contribution in [2.24, 2.45) is 4.99 Å². The predicted molar refractivity (Wildman–Crippen MR) is 124 cm³/mol. The Balaban J connectivity index is 1.49. The van der Waals surface area contributed by atoms with Gasteiger partial charge in [-0.2, -0.15) is 0 Å². The fraction of sp³-hybridized carbons (Fsp3) is 0.417. The minimum atomic E-state index is -0.546. The molecule has 0 aromatic heterocycles. The number of hydrogen-bond donors (Lipinski definition) is 3. The molecule has 0 aliphatic carbocycles. The van der Waals surface area contributed by atoms with Crippen LogP contribution in [0.5, 0.6) is 0 Å². The van der Waals surface area contributed by atoms with Crippen LogP contribution < -0.4 is 20.9 Å². The summed E-state index contributed by atoms with van der Waals surface area (Å²) in [6, 6.07) is 11.4. The zero-order valence-corrected chi connectivity index (χ0v) is 18.6. The Morgan fingerprint density at radius 1 is 1.12 bits per heavy atom. The number of amides is 1. The van der Waals surface area contributed by atoms with Crippen LogP contribution in [0, 0.1) is 11.6 Å². The van der Waals surface area contributed by atoms with Gasteiger partial charge in [0.15, 0.2) is 5.96 Å². The number of para-hydroxylation sites is 1. The summed E-state index contributed by atoms with van der Waals surface area (Å²) >= 11 is 0. The van der Waals surface area contributed by atoms with Gasteiger partial charge in [0, 0.05) is 44.8 Å². The third-order valence-corrected chi connectivity index (χ3v) is 5.50. The Morgan fingerprint density at radius 2 is 1.84 bits per heavy atom. The van der Waals surface area contributed by atoms with Crippen LogP contribution in [0.1, 0.15) is 42.1 Å². The Hall–Kier alpha value is -3.16. The van der Waals surface area contributed by atoms with Gasteiger partial charge in [-0.3, -0.25) is 9.79 Å². The summed E-state index contributed by atoms with van der Waals surface area (Å²) in [5.74, 6) is -0.536. The van der Waals surface area contributed by atoms with Crippen LogP contribution in [0.15, 0.2) is 47.5 Å². The highest BCUT2D eigenvalue weighted by Gasteiger charge is 2.27. The largest absolute Gasteiger partial charge is 0.365 e. The first kappa shape index (κ1) is 23.5. The molecule has 1 aliphatic heterocycles. The monoisotopic (exact) mass is 443 g/mol. The molecule has 6 nitrogen and oxygen atoms in total. The van der Waals surface area contributed by atoms with E-state index in [1.165, 1.54) is 18.2 Å². The molecule has 3 N–H and O–H groups in total. The number of benzene rings is 2. The van der Waals surface area contributed by atoms with E-state index in [0.29, 0.717) is 37.7 Å². The number of guanidine groups is 1. The normalized spacial score (nSPS) is 16.2. The second kappa shape index (κ2) is 11.5. The third-order valence-electron chi connectivity index (χ3n) is 5.50. The number of unbranched alkanes of at least 4 members (excludes halogenated alkanes) is 1. The molecule has 0 spiro atoms. The van der Waals surface area contributed by atoms with E-state index in [4.69, 9.17) is 0 Å². The van der Waals surface area contributed by atoms with E-state index in [2.05, 4.69) is 27.9 Å². The molecule has 1 atom stereocenters. The fourth-order valence-electron chi connectivity index (χ4n) is 3.70. The van der Waals surface area contributed by atoms with Crippen LogP contribution in [-0.4, -0.2) is 44.6 Å². The predicted octanol–water partition coefficient (Wildman–Crippen LogP) is 3.44. The molecule has 2 aromatic rings. The second-order valence-corrected chi connectivity index (χ2v) is 7.88. The number of halogens is 2. The lowest BCUT2D eigenvalue weighted by Crippen LogP contribution is -2.44. The van der Waals surface area contributed by atoms with Gasteiger partial charge in [0.2, 0.25) is 0 Å². The average molecular weight is 444 g/mol. The lowest BCUT2D eigenvalue weighted by molar-refractivity contribution is 0.0953. The number of carbonyl (C=O) groups excluding carboxylic acids is 1. The zero-order valence-electron chi connectivity index (χ0n) is 18.6. The highest BCUT2D eigenvalue weighted by atomic mass is 19.1. The van der Waals surface area contributed by atoms with Gasteiger partial charge < -0.3 is 20.9 Å². The Labute approximate surface area is 188 Å². The van der Waals surface area contributed by atoms with E-state index in [0.717, 1.165) is 24.8 Å². The average Bonchev–Trinajstić information content (AvgIpc) is 3.25. The summed E-state index contributed by atoms with van der Waals surface area (Å²) < 4.78 is 28.1. The fourth-order valence-corrected chi connectivity index (χ4v) is 3.70. The maximum atomic E-state index is 14.1. The van der Waals surface area contributed by atoms with Gasteiger partial charge in [0.05, 0.1) is 0 Å². The molecule has 1 heterocycles. The number of aliphatic imine (C=N–C) groups is 1. The first-order chi connectivity index (χ1) is 15.5. The van der Waals surface area contributed by atoms with Crippen molar-refractivity contribution in [1.82, 2.24) is 16.0 Å². The maximum absolute atomic E-state index is 14.1. The van der Waals surface area contributed by atoms with E-state index < -0.39 is 11.6 Å². The van der Waals surface area contributed by atoms with Gasteiger partial charge in [0.1, 0.15) is 17.3 Å². The number of anilines is 1. The van der Waals surface area contributed by atoms with Crippen molar-refractivity contribution in [2.45, 2.75) is 38.8 Å². The van der Waals surface area contributed by atoms with Gasteiger partial charge in [-0.1, -0.05) is 31.5 Å². The van der Waals surface area contributed by atoms with Crippen molar-refractivity contribution < 1.29 is 13.6 Å². The highest BCUT2D eigenvalue weighted by molar-refractivity contribution is 5.94. The minimum Gasteiger partial charge on any atom is -0.365 e. The lowest BCUT2D eigenvalue weighted by atomic mass is 10.1. The summed E-state index contributed by atoms with van der Waals surface area (Å²) in [6.07, 6.45) is 2.75. The molecule has 172 valence electrons. The molecule has 1 unspecified atom stereocenters. The smallest absolute Gasteiger partial charge is 0.251 e. The van der Waals surface area contributed by atoms with E-state index in [9.17, 15) is 13.6 Å². The van der Waals surface area contributed by atoms with Crippen LogP contribution in [0.3, 0.4) is 0 Å². The van der Waals surface area contributed by atoms with Gasteiger partial charge in [-0.25, -0.2) is 8.78 Å². The number of nitrogens with zero attached hydrogens (tertiary/aromatic N) is 2. The molecule has 8 heteroatoms. The minimum absolute atomic E-state index is 0.0226. The Bertz CT molecular complexity index is 912.